The zero-order valence-corrected chi connectivity index (χ0v) is 27.5. The highest BCUT2D eigenvalue weighted by Crippen LogP contribution is 2.57. The van der Waals surface area contributed by atoms with Crippen molar-refractivity contribution in [3.8, 4) is 22.5 Å². The SMILES string of the molecule is c1ccc2c(c1)-c1ccc(-n3c4ccccc4c4c3ccc3c5ccccc5n(-c5ccc6c(c5)oc5ccccc56)c34)cc1C21CCCC1. The van der Waals surface area contributed by atoms with Gasteiger partial charge in [-0.15, -0.1) is 0 Å². The molecule has 10 aromatic rings. The molecule has 3 heterocycles. The molecule has 0 bridgehead atoms. The van der Waals surface area contributed by atoms with Crippen LogP contribution in [0.4, 0.5) is 0 Å². The minimum atomic E-state index is 0.121. The molecule has 2 aliphatic rings. The first kappa shape index (κ1) is 26.8. The van der Waals surface area contributed by atoms with Crippen LogP contribution in [-0.4, -0.2) is 9.13 Å². The van der Waals surface area contributed by atoms with Crippen molar-refractivity contribution in [1.82, 2.24) is 9.13 Å². The number of furan rings is 1. The molecule has 12 rings (SSSR count). The highest BCUT2D eigenvalue weighted by molar-refractivity contribution is 6.26. The Balaban J connectivity index is 1.17. The van der Waals surface area contributed by atoms with Crippen molar-refractivity contribution >= 4 is 65.6 Å². The predicted octanol–water partition coefficient (Wildman–Crippen LogP) is 12.6. The van der Waals surface area contributed by atoms with Crippen molar-refractivity contribution in [2.45, 2.75) is 31.1 Å². The van der Waals surface area contributed by atoms with Gasteiger partial charge in [-0.25, -0.2) is 0 Å². The number of aromatic nitrogens is 2. The molecule has 2 aliphatic carbocycles. The summed E-state index contributed by atoms with van der Waals surface area (Å²) in [5.74, 6) is 0. The van der Waals surface area contributed by atoms with E-state index in [1.165, 1.54) is 97.2 Å². The molecule has 0 radical (unpaired) electrons. The van der Waals surface area contributed by atoms with Gasteiger partial charge in [-0.3, -0.25) is 0 Å². The van der Waals surface area contributed by atoms with Gasteiger partial charge < -0.3 is 13.6 Å². The largest absolute Gasteiger partial charge is 0.456 e. The molecule has 50 heavy (non-hydrogen) atoms. The summed E-state index contributed by atoms with van der Waals surface area (Å²) < 4.78 is 11.4. The summed E-state index contributed by atoms with van der Waals surface area (Å²) in [5.41, 5.74) is 15.0. The lowest BCUT2D eigenvalue weighted by Crippen LogP contribution is -2.20. The molecule has 1 saturated carbocycles. The first-order chi connectivity index (χ1) is 24.8. The molecule has 0 N–H and O–H groups in total. The topological polar surface area (TPSA) is 23.0 Å². The maximum absolute atomic E-state index is 6.42. The molecule has 3 aromatic heterocycles. The highest BCUT2D eigenvalue weighted by atomic mass is 16.3. The molecule has 0 amide bonds. The van der Waals surface area contributed by atoms with Crippen LogP contribution < -0.4 is 0 Å². The van der Waals surface area contributed by atoms with Crippen LogP contribution in [0.25, 0.3) is 88.1 Å². The third-order valence-corrected chi connectivity index (χ3v) is 12.1. The summed E-state index contributed by atoms with van der Waals surface area (Å²) in [6.45, 7) is 0. The Morgan fingerprint density at radius 3 is 1.96 bits per heavy atom. The first-order valence-corrected chi connectivity index (χ1v) is 17.9. The van der Waals surface area contributed by atoms with Gasteiger partial charge in [0, 0.05) is 55.2 Å². The summed E-state index contributed by atoms with van der Waals surface area (Å²) >= 11 is 0. The second-order valence-electron chi connectivity index (χ2n) is 14.4. The zero-order valence-electron chi connectivity index (χ0n) is 27.5. The summed E-state index contributed by atoms with van der Waals surface area (Å²) in [4.78, 5) is 0. The van der Waals surface area contributed by atoms with Crippen molar-refractivity contribution in [2.75, 3.05) is 0 Å². The molecule has 0 aliphatic heterocycles. The van der Waals surface area contributed by atoms with Crippen LogP contribution in [0.1, 0.15) is 36.8 Å². The van der Waals surface area contributed by atoms with Gasteiger partial charge in [-0.2, -0.15) is 0 Å². The first-order valence-electron chi connectivity index (χ1n) is 17.9. The van der Waals surface area contributed by atoms with Gasteiger partial charge in [0.05, 0.1) is 22.1 Å². The van der Waals surface area contributed by atoms with Crippen molar-refractivity contribution < 1.29 is 4.42 Å². The van der Waals surface area contributed by atoms with E-state index in [4.69, 9.17) is 4.42 Å². The fourth-order valence-corrected chi connectivity index (χ4v) is 10.0. The molecule has 1 spiro atoms. The standard InChI is InChI=1S/C47H32N2O/c1-5-15-38-31(11-1)32-21-19-29(27-39(32)47(38)25-9-10-26-47)48-41-17-7-3-14-37(41)45-42(48)24-23-36-33-12-2-6-16-40(33)49(46(36)45)30-20-22-35-34-13-4-8-18-43(34)50-44(35)28-30/h1-8,11-24,27-28H,9-10,25-26H2. The van der Waals surface area contributed by atoms with Crippen LogP contribution in [0.15, 0.2) is 150 Å². The number of para-hydroxylation sites is 3. The smallest absolute Gasteiger partial charge is 0.137 e. The van der Waals surface area contributed by atoms with Gasteiger partial charge >= 0.3 is 0 Å². The maximum atomic E-state index is 6.42. The molecule has 1 fully saturated rings. The zero-order chi connectivity index (χ0) is 32.6. The Kier molecular flexibility index (Phi) is 5.13. The van der Waals surface area contributed by atoms with Crippen LogP contribution in [0.5, 0.6) is 0 Å². The number of benzene rings is 7. The fourth-order valence-electron chi connectivity index (χ4n) is 10.0. The average molecular weight is 641 g/mol. The molecule has 3 nitrogen and oxygen atoms in total. The van der Waals surface area contributed by atoms with E-state index in [0.29, 0.717) is 0 Å². The number of rotatable bonds is 2. The predicted molar refractivity (Wildman–Crippen MR) is 207 cm³/mol. The van der Waals surface area contributed by atoms with E-state index < -0.39 is 0 Å². The number of nitrogens with zero attached hydrogens (tertiary/aromatic N) is 2. The van der Waals surface area contributed by atoms with Crippen molar-refractivity contribution in [1.29, 1.82) is 0 Å². The summed E-state index contributed by atoms with van der Waals surface area (Å²) in [6, 6.07) is 53.9. The molecule has 0 saturated heterocycles. The number of hydrogen-bond donors (Lipinski definition) is 0. The molecule has 0 atom stereocenters. The molecule has 236 valence electrons. The number of fused-ring (bicyclic) bond motifs is 15. The van der Waals surface area contributed by atoms with Gasteiger partial charge in [-0.05, 0) is 83.6 Å². The summed E-state index contributed by atoms with van der Waals surface area (Å²) in [7, 11) is 0. The molecule has 3 heteroatoms. The van der Waals surface area contributed by atoms with Crippen LogP contribution in [-0.2, 0) is 5.41 Å². The van der Waals surface area contributed by atoms with E-state index in [1.54, 1.807) is 0 Å². The molecule has 7 aromatic carbocycles. The molecular formula is C47H32N2O. The molecular weight excluding hydrogens is 609 g/mol. The van der Waals surface area contributed by atoms with Crippen LogP contribution in [0, 0.1) is 0 Å². The normalized spacial score (nSPS) is 15.0. The maximum Gasteiger partial charge on any atom is 0.137 e. The van der Waals surface area contributed by atoms with E-state index in [2.05, 4.69) is 149 Å². The lowest BCUT2D eigenvalue weighted by molar-refractivity contribution is 0.549. The third-order valence-electron chi connectivity index (χ3n) is 12.1. The van der Waals surface area contributed by atoms with E-state index in [0.717, 1.165) is 27.6 Å². The van der Waals surface area contributed by atoms with Crippen molar-refractivity contribution in [3.63, 3.8) is 0 Å². The van der Waals surface area contributed by atoms with Crippen molar-refractivity contribution in [2.24, 2.45) is 0 Å². The monoisotopic (exact) mass is 640 g/mol. The van der Waals surface area contributed by atoms with Crippen LogP contribution in [0.3, 0.4) is 0 Å². The van der Waals surface area contributed by atoms with Gasteiger partial charge in [0.15, 0.2) is 0 Å². The van der Waals surface area contributed by atoms with Gasteiger partial charge in [0.1, 0.15) is 11.2 Å². The van der Waals surface area contributed by atoms with Gasteiger partial charge in [-0.1, -0.05) is 104 Å². The Bertz CT molecular complexity index is 3050. The highest BCUT2D eigenvalue weighted by Gasteiger charge is 2.45. The average Bonchev–Trinajstić information content (AvgIpc) is 3.98. The van der Waals surface area contributed by atoms with E-state index in [1.807, 2.05) is 6.07 Å². The Labute approximate surface area is 288 Å². The Morgan fingerprint density at radius 1 is 0.440 bits per heavy atom. The minimum absolute atomic E-state index is 0.121. The second kappa shape index (κ2) is 9.55. The third kappa shape index (κ3) is 3.30. The fraction of sp³-hybridized carbons (Fsp3) is 0.106. The molecule has 0 unspecified atom stereocenters. The van der Waals surface area contributed by atoms with Crippen molar-refractivity contribution in [3.05, 3.63) is 157 Å². The van der Waals surface area contributed by atoms with Gasteiger partial charge in [0.25, 0.3) is 0 Å². The quantitative estimate of drug-likeness (QED) is 0.184. The van der Waals surface area contributed by atoms with Crippen LogP contribution in [0.2, 0.25) is 0 Å². The van der Waals surface area contributed by atoms with Crippen LogP contribution >= 0.6 is 0 Å². The summed E-state index contributed by atoms with van der Waals surface area (Å²) in [6.07, 6.45) is 5.03. The Hall–Kier alpha value is -6.06. The van der Waals surface area contributed by atoms with Gasteiger partial charge in [0.2, 0.25) is 0 Å². The second-order valence-corrected chi connectivity index (χ2v) is 14.4. The lowest BCUT2D eigenvalue weighted by Gasteiger charge is -2.27. The van der Waals surface area contributed by atoms with E-state index >= 15 is 0 Å². The summed E-state index contributed by atoms with van der Waals surface area (Å²) in [5, 5.41) is 7.35. The number of hydrogen-bond acceptors (Lipinski definition) is 1. The lowest BCUT2D eigenvalue weighted by atomic mass is 9.77. The minimum Gasteiger partial charge on any atom is -0.456 e. The Morgan fingerprint density at radius 2 is 1.08 bits per heavy atom. The van der Waals surface area contributed by atoms with E-state index in [9.17, 15) is 0 Å². The van der Waals surface area contributed by atoms with E-state index in [-0.39, 0.29) is 5.41 Å².